The van der Waals surface area contributed by atoms with E-state index in [-0.39, 0.29) is 18.6 Å². The summed E-state index contributed by atoms with van der Waals surface area (Å²) >= 11 is 0. The lowest BCUT2D eigenvalue weighted by Crippen LogP contribution is -2.36. The van der Waals surface area contributed by atoms with E-state index in [1.165, 1.54) is 16.5 Å². The average Bonchev–Trinajstić information content (AvgIpc) is 3.03. The number of benzene rings is 2. The molecule has 6 heteroatoms. The number of hydrogen-bond donors (Lipinski definition) is 1. The fraction of sp³-hybridized carbons (Fsp3) is 0.318. The minimum atomic E-state index is -0.157. The van der Waals surface area contributed by atoms with Gasteiger partial charge in [0.15, 0.2) is 6.61 Å². The highest BCUT2D eigenvalue weighted by Crippen LogP contribution is 2.28. The predicted molar refractivity (Wildman–Crippen MR) is 111 cm³/mol. The normalized spacial score (nSPS) is 12.2. The number of aryl methyl sites for hydroxylation is 1. The van der Waals surface area contributed by atoms with E-state index < -0.39 is 0 Å². The van der Waals surface area contributed by atoms with Crippen molar-refractivity contribution in [1.29, 1.82) is 0 Å². The van der Waals surface area contributed by atoms with Crippen LogP contribution < -0.4 is 14.8 Å². The van der Waals surface area contributed by atoms with Crippen LogP contribution in [0.15, 0.2) is 54.7 Å². The first kappa shape index (κ1) is 19.8. The standard InChI is InChI=1S/C22H27N3O3/c1-24(2)21(19-14-25(3)20-11-6-5-10-18(19)20)13-23-22(26)15-28-17-9-7-8-16(12-17)27-4/h5-12,14,21H,13,15H2,1-4H3,(H,23,26). The van der Waals surface area contributed by atoms with Crippen molar-refractivity contribution in [2.45, 2.75) is 6.04 Å². The first-order chi connectivity index (χ1) is 13.5. The van der Waals surface area contributed by atoms with Gasteiger partial charge in [0.05, 0.1) is 13.2 Å². The van der Waals surface area contributed by atoms with Gasteiger partial charge in [-0.3, -0.25) is 4.79 Å². The zero-order valence-corrected chi connectivity index (χ0v) is 16.8. The molecule has 2 aromatic carbocycles. The van der Waals surface area contributed by atoms with E-state index >= 15 is 0 Å². The molecular weight excluding hydrogens is 354 g/mol. The summed E-state index contributed by atoms with van der Waals surface area (Å²) in [6.45, 7) is 0.462. The molecule has 0 radical (unpaired) electrons. The van der Waals surface area contributed by atoms with Crippen molar-refractivity contribution in [3.05, 3.63) is 60.3 Å². The van der Waals surface area contributed by atoms with Gasteiger partial charge in [-0.1, -0.05) is 24.3 Å². The molecule has 28 heavy (non-hydrogen) atoms. The number of nitrogens with one attached hydrogen (secondary N) is 1. The second-order valence-corrected chi connectivity index (χ2v) is 6.96. The van der Waals surface area contributed by atoms with Crippen molar-refractivity contribution in [3.63, 3.8) is 0 Å². The summed E-state index contributed by atoms with van der Waals surface area (Å²) in [5.74, 6) is 1.14. The van der Waals surface area contributed by atoms with Crippen LogP contribution >= 0.6 is 0 Å². The van der Waals surface area contributed by atoms with Gasteiger partial charge in [-0.05, 0) is 37.9 Å². The molecular formula is C22H27N3O3. The Balaban J connectivity index is 1.64. The Morgan fingerprint density at radius 1 is 1.14 bits per heavy atom. The minimum absolute atomic E-state index is 0.0388. The number of nitrogens with zero attached hydrogens (tertiary/aromatic N) is 2. The number of likely N-dealkylation sites (N-methyl/N-ethyl adjacent to an activating group) is 1. The number of aromatic nitrogens is 1. The van der Waals surface area contributed by atoms with Crippen molar-refractivity contribution < 1.29 is 14.3 Å². The van der Waals surface area contributed by atoms with Gasteiger partial charge < -0.3 is 24.3 Å². The molecule has 6 nitrogen and oxygen atoms in total. The molecule has 3 rings (SSSR count). The van der Waals surface area contributed by atoms with E-state index in [4.69, 9.17) is 9.47 Å². The van der Waals surface area contributed by atoms with Crippen molar-refractivity contribution in [2.24, 2.45) is 7.05 Å². The zero-order chi connectivity index (χ0) is 20.1. The molecule has 0 bridgehead atoms. The largest absolute Gasteiger partial charge is 0.497 e. The smallest absolute Gasteiger partial charge is 0.258 e. The van der Waals surface area contributed by atoms with Crippen LogP contribution in [0.25, 0.3) is 10.9 Å². The summed E-state index contributed by atoms with van der Waals surface area (Å²) in [4.78, 5) is 14.4. The number of carbonyl (C=O) groups is 1. The van der Waals surface area contributed by atoms with Crippen molar-refractivity contribution >= 4 is 16.8 Å². The lowest BCUT2D eigenvalue weighted by atomic mass is 10.0. The Labute approximate surface area is 165 Å². The van der Waals surface area contributed by atoms with Crippen LogP contribution in [0.5, 0.6) is 11.5 Å². The highest BCUT2D eigenvalue weighted by Gasteiger charge is 2.20. The third-order valence-corrected chi connectivity index (χ3v) is 4.81. The van der Waals surface area contributed by atoms with Gasteiger partial charge in [0.1, 0.15) is 11.5 Å². The highest BCUT2D eigenvalue weighted by atomic mass is 16.5. The molecule has 0 spiro atoms. The van der Waals surface area contributed by atoms with E-state index in [1.807, 2.05) is 45.4 Å². The molecule has 3 aromatic rings. The molecule has 1 aromatic heterocycles. The number of amides is 1. The SMILES string of the molecule is COc1cccc(OCC(=O)NCC(c2cn(C)c3ccccc23)N(C)C)c1. The fourth-order valence-electron chi connectivity index (χ4n) is 3.31. The van der Waals surface area contributed by atoms with Crippen molar-refractivity contribution in [2.75, 3.05) is 34.4 Å². The number of carbonyl (C=O) groups excluding carboxylic acids is 1. The van der Waals surface area contributed by atoms with E-state index in [2.05, 4.69) is 33.1 Å². The summed E-state index contributed by atoms with van der Waals surface area (Å²) in [6, 6.07) is 15.6. The maximum Gasteiger partial charge on any atom is 0.258 e. The number of hydrogen-bond acceptors (Lipinski definition) is 4. The first-order valence-corrected chi connectivity index (χ1v) is 9.23. The van der Waals surface area contributed by atoms with Gasteiger partial charge in [0.25, 0.3) is 5.91 Å². The summed E-state index contributed by atoms with van der Waals surface area (Å²) in [5, 5.41) is 4.19. The Morgan fingerprint density at radius 2 is 1.89 bits per heavy atom. The van der Waals surface area contributed by atoms with E-state index in [1.54, 1.807) is 19.2 Å². The molecule has 1 amide bonds. The fourth-order valence-corrected chi connectivity index (χ4v) is 3.31. The molecule has 0 aliphatic rings. The topological polar surface area (TPSA) is 55.7 Å². The molecule has 0 aliphatic carbocycles. The molecule has 148 valence electrons. The van der Waals surface area contributed by atoms with Crippen LogP contribution in [-0.4, -0.2) is 49.7 Å². The summed E-state index contributed by atoms with van der Waals surface area (Å²) < 4.78 is 12.9. The van der Waals surface area contributed by atoms with Crippen molar-refractivity contribution in [3.8, 4) is 11.5 Å². The van der Waals surface area contributed by atoms with Gasteiger partial charge >= 0.3 is 0 Å². The highest BCUT2D eigenvalue weighted by molar-refractivity contribution is 5.84. The Bertz CT molecular complexity index is 949. The number of ether oxygens (including phenoxy) is 2. The lowest BCUT2D eigenvalue weighted by molar-refractivity contribution is -0.123. The Kier molecular flexibility index (Phi) is 6.21. The molecule has 0 aliphatic heterocycles. The van der Waals surface area contributed by atoms with E-state index in [9.17, 15) is 4.79 Å². The van der Waals surface area contributed by atoms with Gasteiger partial charge in [0.2, 0.25) is 0 Å². The monoisotopic (exact) mass is 381 g/mol. The maximum atomic E-state index is 12.3. The van der Waals surface area contributed by atoms with Crippen LogP contribution in [0.4, 0.5) is 0 Å². The van der Waals surface area contributed by atoms with Gasteiger partial charge in [-0.25, -0.2) is 0 Å². The van der Waals surface area contributed by atoms with Crippen LogP contribution in [0, 0.1) is 0 Å². The quantitative estimate of drug-likeness (QED) is 0.652. The molecule has 1 heterocycles. The maximum absolute atomic E-state index is 12.3. The minimum Gasteiger partial charge on any atom is -0.497 e. The van der Waals surface area contributed by atoms with Crippen LogP contribution in [0.3, 0.4) is 0 Å². The zero-order valence-electron chi connectivity index (χ0n) is 16.8. The van der Waals surface area contributed by atoms with E-state index in [0.29, 0.717) is 18.0 Å². The number of para-hydroxylation sites is 1. The van der Waals surface area contributed by atoms with E-state index in [0.717, 1.165) is 0 Å². The van der Waals surface area contributed by atoms with Crippen LogP contribution in [0.1, 0.15) is 11.6 Å². The van der Waals surface area contributed by atoms with Crippen molar-refractivity contribution in [1.82, 2.24) is 14.8 Å². The summed E-state index contributed by atoms with van der Waals surface area (Å²) in [6.07, 6.45) is 2.13. The van der Waals surface area contributed by atoms with Gasteiger partial charge in [-0.2, -0.15) is 0 Å². The molecule has 0 fully saturated rings. The second kappa shape index (κ2) is 8.80. The molecule has 0 saturated heterocycles. The second-order valence-electron chi connectivity index (χ2n) is 6.96. The lowest BCUT2D eigenvalue weighted by Gasteiger charge is -2.24. The first-order valence-electron chi connectivity index (χ1n) is 9.23. The Morgan fingerprint density at radius 3 is 2.64 bits per heavy atom. The van der Waals surface area contributed by atoms with Crippen LogP contribution in [-0.2, 0) is 11.8 Å². The van der Waals surface area contributed by atoms with Crippen LogP contribution in [0.2, 0.25) is 0 Å². The third-order valence-electron chi connectivity index (χ3n) is 4.81. The summed E-state index contributed by atoms with van der Waals surface area (Å²) in [7, 11) is 7.68. The van der Waals surface area contributed by atoms with Gasteiger partial charge in [-0.15, -0.1) is 0 Å². The molecule has 0 saturated carbocycles. The number of fused-ring (bicyclic) bond motifs is 1. The molecule has 1 N–H and O–H groups in total. The predicted octanol–water partition coefficient (Wildman–Crippen LogP) is 2.98. The summed E-state index contributed by atoms with van der Waals surface area (Å²) in [5.41, 5.74) is 2.37. The number of methoxy groups -OCH3 is 1. The Hall–Kier alpha value is -2.99. The average molecular weight is 381 g/mol. The van der Waals surface area contributed by atoms with Gasteiger partial charge in [0, 0.05) is 36.8 Å². The molecule has 1 unspecified atom stereocenters. The third kappa shape index (κ3) is 4.46. The number of rotatable bonds is 8. The molecule has 1 atom stereocenters.